The summed E-state index contributed by atoms with van der Waals surface area (Å²) in [4.78, 5) is 5.16. The summed E-state index contributed by atoms with van der Waals surface area (Å²) in [5.41, 5.74) is 23.0. The molecule has 4 heteroatoms. The summed E-state index contributed by atoms with van der Waals surface area (Å²) in [5, 5.41) is 12.5. The second-order valence-corrected chi connectivity index (χ2v) is 24.9. The van der Waals surface area contributed by atoms with Crippen LogP contribution in [0.15, 0.2) is 215 Å². The van der Waals surface area contributed by atoms with Crippen LogP contribution in [0, 0.1) is 13.8 Å². The number of fused-ring (bicyclic) bond motifs is 6. The monoisotopic (exact) mass is 1120 g/mol. The van der Waals surface area contributed by atoms with E-state index in [1.807, 2.05) is 0 Å². The van der Waals surface area contributed by atoms with Gasteiger partial charge in [-0.15, -0.1) is 0 Å². The lowest BCUT2D eigenvalue weighted by atomic mass is 9.77. The number of hydrogen-bond acceptors (Lipinski definition) is 4. The minimum Gasteiger partial charge on any atom is -0.453 e. The maximum absolute atomic E-state index is 7.43. The summed E-state index contributed by atoms with van der Waals surface area (Å²) >= 11 is 0. The van der Waals surface area contributed by atoms with Crippen molar-refractivity contribution in [2.45, 2.75) is 117 Å². The smallest absolute Gasteiger partial charge is 0.159 e. The van der Waals surface area contributed by atoms with Crippen LogP contribution < -0.4 is 9.80 Å². The van der Waals surface area contributed by atoms with Gasteiger partial charge in [0.2, 0.25) is 0 Å². The second kappa shape index (κ2) is 21.4. The van der Waals surface area contributed by atoms with Crippen molar-refractivity contribution >= 4 is 110 Å². The Morgan fingerprint density at radius 3 is 1.12 bits per heavy atom. The Kier molecular flexibility index (Phi) is 13.1. The van der Waals surface area contributed by atoms with Crippen molar-refractivity contribution in [3.63, 3.8) is 0 Å². The quantitative estimate of drug-likeness (QED) is 0.114. The lowest BCUT2D eigenvalue weighted by Crippen LogP contribution is -2.15. The van der Waals surface area contributed by atoms with E-state index < -0.39 is 0 Å². The second-order valence-electron chi connectivity index (χ2n) is 24.9. The third kappa shape index (κ3) is 8.53. The first-order chi connectivity index (χ1) is 42.4. The van der Waals surface area contributed by atoms with Crippen LogP contribution in [0.4, 0.5) is 34.1 Å². The Labute approximate surface area is 504 Å². The molecule has 0 aliphatic heterocycles. The topological polar surface area (TPSA) is 32.8 Å². The van der Waals surface area contributed by atoms with Crippen LogP contribution in [0.2, 0.25) is 0 Å². The predicted molar refractivity (Wildman–Crippen MR) is 365 cm³/mol. The summed E-state index contributed by atoms with van der Waals surface area (Å²) in [6, 6.07) is 78.2. The number of aryl methyl sites for hydroxylation is 4. The summed E-state index contributed by atoms with van der Waals surface area (Å²) in [6.07, 6.45) is 14.2. The van der Waals surface area contributed by atoms with E-state index in [-0.39, 0.29) is 0 Å². The number of anilines is 6. The van der Waals surface area contributed by atoms with Gasteiger partial charge in [-0.3, -0.25) is 0 Å². The third-order valence-electron chi connectivity index (χ3n) is 20.0. The zero-order chi connectivity index (χ0) is 57.6. The zero-order valence-corrected chi connectivity index (χ0v) is 50.0. The van der Waals surface area contributed by atoms with E-state index in [1.165, 1.54) is 152 Å². The molecule has 0 spiro atoms. The fraction of sp³-hybridized carbons (Fsp3) is 0.220. The molecule has 2 aromatic heterocycles. The van der Waals surface area contributed by atoms with Crippen molar-refractivity contribution in [3.05, 3.63) is 240 Å². The van der Waals surface area contributed by atoms with E-state index in [4.69, 9.17) is 8.83 Å². The Morgan fingerprint density at radius 1 is 0.326 bits per heavy atom. The lowest BCUT2D eigenvalue weighted by Gasteiger charge is -2.33. The van der Waals surface area contributed by atoms with Gasteiger partial charge >= 0.3 is 0 Å². The molecule has 16 rings (SSSR count). The Bertz CT molecular complexity index is 4620. The maximum atomic E-state index is 7.43. The van der Waals surface area contributed by atoms with Crippen LogP contribution in [-0.4, -0.2) is 0 Å². The highest BCUT2D eigenvalue weighted by atomic mass is 16.3. The highest BCUT2D eigenvalue weighted by molar-refractivity contribution is 6.30. The zero-order valence-electron chi connectivity index (χ0n) is 50.0. The molecule has 0 bridgehead atoms. The van der Waals surface area contributed by atoms with Crippen LogP contribution in [0.25, 0.3) is 98.4 Å². The van der Waals surface area contributed by atoms with Gasteiger partial charge in [0.25, 0.3) is 0 Å². The number of hydrogen-bond donors (Lipinski definition) is 0. The Morgan fingerprint density at radius 2 is 0.698 bits per heavy atom. The average molecular weight is 1120 g/mol. The van der Waals surface area contributed by atoms with Crippen molar-refractivity contribution in [3.8, 4) is 22.3 Å². The molecule has 2 fully saturated rings. The van der Waals surface area contributed by atoms with Gasteiger partial charge in [0.05, 0.1) is 22.7 Å². The minimum absolute atomic E-state index is 0.426. The van der Waals surface area contributed by atoms with Gasteiger partial charge in [0, 0.05) is 54.8 Å². The van der Waals surface area contributed by atoms with Crippen molar-refractivity contribution in [1.29, 1.82) is 0 Å². The molecule has 0 N–H and O–H groups in total. The van der Waals surface area contributed by atoms with Gasteiger partial charge in [-0.05, 0) is 179 Å². The molecular weight excluding hydrogens is 1040 g/mol. The molecule has 0 radical (unpaired) electrons. The summed E-state index contributed by atoms with van der Waals surface area (Å²) in [5.74, 6) is 0.853. The van der Waals surface area contributed by atoms with Crippen LogP contribution in [0.3, 0.4) is 0 Å². The van der Waals surface area contributed by atoms with Crippen LogP contribution in [0.1, 0.15) is 123 Å². The number of furan rings is 2. The van der Waals surface area contributed by atoms with E-state index in [0.29, 0.717) is 11.8 Å². The van der Waals surface area contributed by atoms with Crippen LogP contribution in [0.5, 0.6) is 0 Å². The van der Waals surface area contributed by atoms with E-state index in [9.17, 15) is 0 Å². The van der Waals surface area contributed by atoms with E-state index in [0.717, 1.165) is 90.6 Å². The fourth-order valence-electron chi connectivity index (χ4n) is 15.7. The van der Waals surface area contributed by atoms with Gasteiger partial charge in [0.15, 0.2) is 11.2 Å². The number of nitrogens with zero attached hydrogens (tertiary/aromatic N) is 2. The summed E-state index contributed by atoms with van der Waals surface area (Å²) < 4.78 is 14.9. The molecule has 2 aliphatic carbocycles. The summed E-state index contributed by atoms with van der Waals surface area (Å²) in [6.45, 7) is 8.95. The maximum Gasteiger partial charge on any atom is 0.159 e. The molecule has 0 saturated heterocycles. The van der Waals surface area contributed by atoms with Gasteiger partial charge in [-0.1, -0.05) is 210 Å². The van der Waals surface area contributed by atoms with Crippen molar-refractivity contribution in [2.75, 3.05) is 9.80 Å². The Hall–Kier alpha value is -9.12. The molecule has 4 nitrogen and oxygen atoms in total. The fourth-order valence-corrected chi connectivity index (χ4v) is 15.7. The third-order valence-corrected chi connectivity index (χ3v) is 20.0. The Balaban J connectivity index is 1.01. The van der Waals surface area contributed by atoms with E-state index >= 15 is 0 Å². The first kappa shape index (κ1) is 52.4. The minimum atomic E-state index is 0.426. The van der Waals surface area contributed by atoms with Crippen molar-refractivity contribution < 1.29 is 8.83 Å². The predicted octanol–water partition coefficient (Wildman–Crippen LogP) is 24.5. The highest BCUT2D eigenvalue weighted by Crippen LogP contribution is 2.55. The molecular formula is C82H72N2O2. The first-order valence-electron chi connectivity index (χ1n) is 32.0. The van der Waals surface area contributed by atoms with E-state index in [2.05, 4.69) is 244 Å². The van der Waals surface area contributed by atoms with Crippen LogP contribution in [-0.2, 0) is 12.8 Å². The molecule has 2 heterocycles. The molecule has 0 unspecified atom stereocenters. The molecule has 14 aromatic rings. The molecule has 2 saturated carbocycles. The molecule has 12 aromatic carbocycles. The normalized spacial score (nSPS) is 14.5. The van der Waals surface area contributed by atoms with E-state index in [1.54, 1.807) is 0 Å². The molecule has 86 heavy (non-hydrogen) atoms. The highest BCUT2D eigenvalue weighted by Gasteiger charge is 2.32. The lowest BCUT2D eigenvalue weighted by molar-refractivity contribution is 0.445. The number of para-hydroxylation sites is 4. The van der Waals surface area contributed by atoms with Crippen LogP contribution >= 0.6 is 0 Å². The van der Waals surface area contributed by atoms with Gasteiger partial charge < -0.3 is 18.6 Å². The molecule has 422 valence electrons. The SMILES string of the molecule is CCc1cccc(N(c2cc(C3CCCCC3)c3ccc4c(N(c5cccc(CC)c5)c5cccc6c5oc5c(-c7ccccc7C)cccc56)cc(C5CCCCC5)c5ccc2c3c54)c2cccc3c2oc2c(-c4ccccc4C)cccc23)c1. The molecule has 2 aliphatic rings. The first-order valence-corrected chi connectivity index (χ1v) is 32.0. The average Bonchev–Trinajstić information content (AvgIpc) is 0.808. The summed E-state index contributed by atoms with van der Waals surface area (Å²) in [7, 11) is 0. The standard InChI is InChI=1S/C82H72N2O2/c1-5-53-25-17-31-57(47-53)83(73-41-21-39-67-65-37-19-35-63(79(65)85-81(67)73)59-33-15-13-23-51(59)3)75-49-71(55-27-9-7-10-28-55)61-44-46-70-76(50-72(56-29-11-8-12-30-56)62-43-45-69(75)77(61)78(62)70)84(58-32-18-26-54(6-2)48-58)74-42-22-40-68-66-38-20-36-64(80(66)86-82(68)74)60-34-16-14-24-52(60)4/h13-26,31-50,55-56H,5-12,27-30H2,1-4H3. The van der Waals surface area contributed by atoms with Crippen molar-refractivity contribution in [1.82, 2.24) is 0 Å². The number of rotatable bonds is 12. The van der Waals surface area contributed by atoms with Crippen molar-refractivity contribution in [2.24, 2.45) is 0 Å². The van der Waals surface area contributed by atoms with Gasteiger partial charge in [-0.2, -0.15) is 0 Å². The molecule has 0 atom stereocenters. The van der Waals surface area contributed by atoms with Gasteiger partial charge in [-0.25, -0.2) is 0 Å². The number of benzene rings is 12. The largest absolute Gasteiger partial charge is 0.453 e. The molecule has 0 amide bonds. The van der Waals surface area contributed by atoms with Gasteiger partial charge in [0.1, 0.15) is 11.2 Å².